The quantitative estimate of drug-likeness (QED) is 0.891. The van der Waals surface area contributed by atoms with Gasteiger partial charge in [0.2, 0.25) is 5.91 Å². The Morgan fingerprint density at radius 3 is 2.09 bits per heavy atom. The van der Waals surface area contributed by atoms with Gasteiger partial charge in [-0.25, -0.2) is 0 Å². The molecule has 2 N–H and O–H groups in total. The lowest BCUT2D eigenvalue weighted by Crippen LogP contribution is -2.30. The lowest BCUT2D eigenvalue weighted by atomic mass is 10.2. The highest BCUT2D eigenvalue weighted by atomic mass is 16.5. The second kappa shape index (κ2) is 7.26. The van der Waals surface area contributed by atoms with Crippen molar-refractivity contribution in [2.75, 3.05) is 10.6 Å². The second-order valence-corrected chi connectivity index (χ2v) is 4.82. The number of amides is 2. The van der Waals surface area contributed by atoms with Crippen LogP contribution in [0, 0.1) is 0 Å². The van der Waals surface area contributed by atoms with Crippen LogP contribution in [0.4, 0.5) is 11.4 Å². The van der Waals surface area contributed by atoms with Crippen molar-refractivity contribution in [3.05, 3.63) is 54.6 Å². The fraction of sp³-hybridized carbons (Fsp3) is 0.176. The highest BCUT2D eigenvalue weighted by molar-refractivity contribution is 5.94. The van der Waals surface area contributed by atoms with Crippen LogP contribution in [0.3, 0.4) is 0 Å². The van der Waals surface area contributed by atoms with Crippen molar-refractivity contribution in [2.24, 2.45) is 0 Å². The summed E-state index contributed by atoms with van der Waals surface area (Å²) in [7, 11) is 0. The first-order chi connectivity index (χ1) is 10.5. The fourth-order valence-electron chi connectivity index (χ4n) is 1.84. The minimum absolute atomic E-state index is 0.135. The van der Waals surface area contributed by atoms with Gasteiger partial charge in [0.1, 0.15) is 5.75 Å². The third kappa shape index (κ3) is 4.63. The molecule has 2 aromatic carbocycles. The first-order valence-corrected chi connectivity index (χ1v) is 6.95. The van der Waals surface area contributed by atoms with Crippen molar-refractivity contribution < 1.29 is 14.3 Å². The number of carbonyl (C=O) groups excluding carboxylic acids is 2. The minimum Gasteiger partial charge on any atom is -0.481 e. The molecule has 2 aromatic rings. The average molecular weight is 298 g/mol. The zero-order valence-corrected chi connectivity index (χ0v) is 12.5. The van der Waals surface area contributed by atoms with E-state index >= 15 is 0 Å². The Morgan fingerprint density at radius 2 is 1.50 bits per heavy atom. The van der Waals surface area contributed by atoms with Crippen molar-refractivity contribution in [2.45, 2.75) is 20.0 Å². The van der Waals surface area contributed by atoms with E-state index in [2.05, 4.69) is 10.6 Å². The molecule has 22 heavy (non-hydrogen) atoms. The number of anilines is 2. The Bertz CT molecular complexity index is 639. The Morgan fingerprint density at radius 1 is 0.909 bits per heavy atom. The molecule has 1 unspecified atom stereocenters. The molecule has 1 atom stereocenters. The van der Waals surface area contributed by atoms with E-state index < -0.39 is 6.10 Å². The number of ether oxygens (including phenoxy) is 1. The topological polar surface area (TPSA) is 67.4 Å². The molecule has 0 heterocycles. The molecule has 2 rings (SSSR count). The molecule has 0 spiro atoms. The van der Waals surface area contributed by atoms with Gasteiger partial charge in [0.05, 0.1) is 0 Å². The SMILES string of the molecule is CC(=O)Nc1ccc(OC(C)C(=O)Nc2ccccc2)cc1. The van der Waals surface area contributed by atoms with Gasteiger partial charge in [0.15, 0.2) is 6.10 Å². The second-order valence-electron chi connectivity index (χ2n) is 4.82. The third-order valence-corrected chi connectivity index (χ3v) is 2.90. The van der Waals surface area contributed by atoms with Gasteiger partial charge in [-0.3, -0.25) is 9.59 Å². The molecular weight excluding hydrogens is 280 g/mol. The standard InChI is InChI=1S/C17H18N2O3/c1-12(17(21)19-14-6-4-3-5-7-14)22-16-10-8-15(9-11-16)18-13(2)20/h3-12H,1-2H3,(H,18,20)(H,19,21). The van der Waals surface area contributed by atoms with E-state index in [1.54, 1.807) is 31.2 Å². The summed E-state index contributed by atoms with van der Waals surface area (Å²) < 4.78 is 5.58. The number of carbonyl (C=O) groups is 2. The van der Waals surface area contributed by atoms with Gasteiger partial charge in [-0.15, -0.1) is 0 Å². The normalized spacial score (nSPS) is 11.4. The van der Waals surface area contributed by atoms with Crippen LogP contribution in [0.15, 0.2) is 54.6 Å². The molecule has 0 fully saturated rings. The van der Waals surface area contributed by atoms with Crippen LogP contribution in [0.1, 0.15) is 13.8 Å². The number of rotatable bonds is 5. The lowest BCUT2D eigenvalue weighted by Gasteiger charge is -2.15. The van der Waals surface area contributed by atoms with Crippen LogP contribution in [-0.4, -0.2) is 17.9 Å². The fourth-order valence-corrected chi connectivity index (χ4v) is 1.84. The summed E-state index contributed by atoms with van der Waals surface area (Å²) in [6.07, 6.45) is -0.633. The Balaban J connectivity index is 1.92. The smallest absolute Gasteiger partial charge is 0.265 e. The van der Waals surface area contributed by atoms with Crippen molar-refractivity contribution in [1.82, 2.24) is 0 Å². The highest BCUT2D eigenvalue weighted by Crippen LogP contribution is 2.17. The van der Waals surface area contributed by atoms with Crippen LogP contribution in [0.5, 0.6) is 5.75 Å². The van der Waals surface area contributed by atoms with Gasteiger partial charge in [-0.2, -0.15) is 0 Å². The Kier molecular flexibility index (Phi) is 5.14. The maximum Gasteiger partial charge on any atom is 0.265 e. The van der Waals surface area contributed by atoms with Crippen LogP contribution < -0.4 is 15.4 Å². The van der Waals surface area contributed by atoms with Crippen molar-refractivity contribution >= 4 is 23.2 Å². The van der Waals surface area contributed by atoms with Crippen molar-refractivity contribution in [1.29, 1.82) is 0 Å². The first kappa shape index (κ1) is 15.6. The molecule has 0 bridgehead atoms. The molecule has 5 heteroatoms. The van der Waals surface area contributed by atoms with Gasteiger partial charge in [-0.05, 0) is 43.3 Å². The Hall–Kier alpha value is -2.82. The van der Waals surface area contributed by atoms with E-state index in [9.17, 15) is 9.59 Å². The predicted octanol–water partition coefficient (Wildman–Crippen LogP) is 3.05. The zero-order valence-electron chi connectivity index (χ0n) is 12.5. The van der Waals surface area contributed by atoms with E-state index in [0.29, 0.717) is 11.4 Å². The monoisotopic (exact) mass is 298 g/mol. The summed E-state index contributed by atoms with van der Waals surface area (Å²) in [5.41, 5.74) is 1.41. The van der Waals surface area contributed by atoms with Gasteiger partial charge >= 0.3 is 0 Å². The number of para-hydroxylation sites is 1. The molecule has 0 aliphatic heterocycles. The molecule has 0 aliphatic rings. The van der Waals surface area contributed by atoms with E-state index in [1.165, 1.54) is 6.92 Å². The van der Waals surface area contributed by atoms with E-state index in [0.717, 1.165) is 5.69 Å². The van der Waals surface area contributed by atoms with Gasteiger partial charge < -0.3 is 15.4 Å². The highest BCUT2D eigenvalue weighted by Gasteiger charge is 2.14. The number of benzene rings is 2. The van der Waals surface area contributed by atoms with E-state index in [-0.39, 0.29) is 11.8 Å². The van der Waals surface area contributed by atoms with Crippen molar-refractivity contribution in [3.8, 4) is 5.75 Å². The molecule has 0 radical (unpaired) electrons. The predicted molar refractivity (Wildman–Crippen MR) is 85.9 cm³/mol. The summed E-state index contributed by atoms with van der Waals surface area (Å²) in [6.45, 7) is 3.13. The molecule has 5 nitrogen and oxygen atoms in total. The largest absolute Gasteiger partial charge is 0.481 e. The van der Waals surface area contributed by atoms with Gasteiger partial charge in [0.25, 0.3) is 5.91 Å². The molecule has 2 amide bonds. The minimum atomic E-state index is -0.633. The summed E-state index contributed by atoms with van der Waals surface area (Å²) in [4.78, 5) is 23.0. The zero-order chi connectivity index (χ0) is 15.9. The molecular formula is C17H18N2O3. The molecule has 114 valence electrons. The van der Waals surface area contributed by atoms with E-state index in [4.69, 9.17) is 4.74 Å². The summed E-state index contributed by atoms with van der Waals surface area (Å²) in [5.74, 6) is 0.200. The first-order valence-electron chi connectivity index (χ1n) is 6.95. The van der Waals surface area contributed by atoms with Gasteiger partial charge in [0, 0.05) is 18.3 Å². The summed E-state index contributed by atoms with van der Waals surface area (Å²) in [5, 5.41) is 5.45. The molecule has 0 aliphatic carbocycles. The number of nitrogens with one attached hydrogen (secondary N) is 2. The van der Waals surface area contributed by atoms with Gasteiger partial charge in [-0.1, -0.05) is 18.2 Å². The number of hydrogen-bond donors (Lipinski definition) is 2. The summed E-state index contributed by atoms with van der Waals surface area (Å²) in [6, 6.07) is 16.1. The van der Waals surface area contributed by atoms with Crippen LogP contribution >= 0.6 is 0 Å². The van der Waals surface area contributed by atoms with Crippen LogP contribution in [-0.2, 0) is 9.59 Å². The van der Waals surface area contributed by atoms with E-state index in [1.807, 2.05) is 30.3 Å². The lowest BCUT2D eigenvalue weighted by molar-refractivity contribution is -0.122. The van der Waals surface area contributed by atoms with Crippen LogP contribution in [0.25, 0.3) is 0 Å². The van der Waals surface area contributed by atoms with Crippen molar-refractivity contribution in [3.63, 3.8) is 0 Å². The molecule has 0 saturated heterocycles. The third-order valence-electron chi connectivity index (χ3n) is 2.90. The molecule has 0 aromatic heterocycles. The maximum atomic E-state index is 12.0. The average Bonchev–Trinajstić information content (AvgIpc) is 2.49. The Labute approximate surface area is 129 Å². The van der Waals surface area contributed by atoms with Crippen LogP contribution in [0.2, 0.25) is 0 Å². The molecule has 0 saturated carbocycles. The summed E-state index contributed by atoms with van der Waals surface area (Å²) >= 11 is 0. The number of hydrogen-bond acceptors (Lipinski definition) is 3. The maximum absolute atomic E-state index is 12.0.